The van der Waals surface area contributed by atoms with Gasteiger partial charge in [0.15, 0.2) is 0 Å². The summed E-state index contributed by atoms with van der Waals surface area (Å²) in [6.45, 7) is 3.02. The van der Waals surface area contributed by atoms with Crippen LogP contribution in [0, 0.1) is 5.92 Å². The highest BCUT2D eigenvalue weighted by atomic mass is 32.2. The molecule has 0 aliphatic heterocycles. The van der Waals surface area contributed by atoms with Gasteiger partial charge in [-0.3, -0.25) is 0 Å². The Hall–Kier alpha value is -0.470. The Morgan fingerprint density at radius 2 is 1.75 bits per heavy atom. The smallest absolute Gasteiger partial charge is 0.0178 e. The molecule has 0 spiro atoms. The van der Waals surface area contributed by atoms with E-state index in [-0.39, 0.29) is 0 Å². The van der Waals surface area contributed by atoms with Gasteiger partial charge in [-0.2, -0.15) is 0 Å². The van der Waals surface area contributed by atoms with Crippen LogP contribution in [0.1, 0.15) is 38.2 Å². The van der Waals surface area contributed by atoms with Crippen LogP contribution in [0.5, 0.6) is 0 Å². The molecule has 2 heteroatoms. The molecular weight excluding hydrogens is 214 g/mol. The predicted molar refractivity (Wildman–Crippen MR) is 71.6 cm³/mol. The molecule has 1 aliphatic rings. The number of benzene rings is 1. The Morgan fingerprint density at radius 1 is 1.12 bits per heavy atom. The van der Waals surface area contributed by atoms with E-state index < -0.39 is 0 Å². The lowest BCUT2D eigenvalue weighted by Gasteiger charge is -2.25. The summed E-state index contributed by atoms with van der Waals surface area (Å²) in [6.07, 6.45) is 5.56. The molecular formula is C14H21NS. The molecule has 1 saturated carbocycles. The van der Waals surface area contributed by atoms with Crippen molar-refractivity contribution in [1.82, 2.24) is 0 Å². The van der Waals surface area contributed by atoms with Gasteiger partial charge < -0.3 is 5.73 Å². The van der Waals surface area contributed by atoms with E-state index >= 15 is 0 Å². The van der Waals surface area contributed by atoms with Gasteiger partial charge in [0.05, 0.1) is 0 Å². The maximum Gasteiger partial charge on any atom is 0.0178 e. The van der Waals surface area contributed by atoms with Crippen LogP contribution in [-0.2, 0) is 6.54 Å². The van der Waals surface area contributed by atoms with Crippen molar-refractivity contribution in [3.05, 3.63) is 29.8 Å². The number of hydrogen-bond donors (Lipinski definition) is 1. The summed E-state index contributed by atoms with van der Waals surface area (Å²) in [5, 5.41) is 0.833. The van der Waals surface area contributed by atoms with Crippen molar-refractivity contribution in [1.29, 1.82) is 0 Å². The summed E-state index contributed by atoms with van der Waals surface area (Å²) >= 11 is 2.04. The van der Waals surface area contributed by atoms with Gasteiger partial charge in [0.2, 0.25) is 0 Å². The largest absolute Gasteiger partial charge is 0.326 e. The normalized spacial score (nSPS) is 25.6. The van der Waals surface area contributed by atoms with Crippen molar-refractivity contribution in [3.8, 4) is 0 Å². The highest BCUT2D eigenvalue weighted by Crippen LogP contribution is 2.35. The fraction of sp³-hybridized carbons (Fsp3) is 0.571. The molecule has 0 heterocycles. The van der Waals surface area contributed by atoms with Crippen LogP contribution in [0.4, 0.5) is 0 Å². The Morgan fingerprint density at radius 3 is 2.31 bits per heavy atom. The Labute approximate surface area is 103 Å². The van der Waals surface area contributed by atoms with Gasteiger partial charge in [0.1, 0.15) is 0 Å². The Balaban J connectivity index is 1.88. The van der Waals surface area contributed by atoms with Crippen molar-refractivity contribution < 1.29 is 0 Å². The van der Waals surface area contributed by atoms with Crippen LogP contribution >= 0.6 is 11.8 Å². The second-order valence-corrected chi connectivity index (χ2v) is 6.22. The van der Waals surface area contributed by atoms with Gasteiger partial charge in [0, 0.05) is 16.7 Å². The van der Waals surface area contributed by atoms with E-state index in [1.54, 1.807) is 0 Å². The summed E-state index contributed by atoms with van der Waals surface area (Å²) in [7, 11) is 0. The molecule has 0 radical (unpaired) electrons. The first-order chi connectivity index (χ1) is 7.78. The molecule has 1 aliphatic carbocycles. The van der Waals surface area contributed by atoms with Gasteiger partial charge in [0.25, 0.3) is 0 Å². The fourth-order valence-corrected chi connectivity index (χ4v) is 3.43. The lowest BCUT2D eigenvalue weighted by molar-refractivity contribution is 0.393. The zero-order chi connectivity index (χ0) is 11.4. The molecule has 1 nitrogen and oxygen atoms in total. The van der Waals surface area contributed by atoms with Crippen LogP contribution in [0.25, 0.3) is 0 Å². The summed E-state index contributed by atoms with van der Waals surface area (Å²) in [6, 6.07) is 8.72. The monoisotopic (exact) mass is 235 g/mol. The molecule has 0 unspecified atom stereocenters. The van der Waals surface area contributed by atoms with E-state index in [0.717, 1.165) is 11.2 Å². The Kier molecular flexibility index (Phi) is 4.30. The van der Waals surface area contributed by atoms with Crippen molar-refractivity contribution in [2.75, 3.05) is 0 Å². The predicted octanol–water partition coefficient (Wildman–Crippen LogP) is 3.82. The van der Waals surface area contributed by atoms with Gasteiger partial charge in [-0.25, -0.2) is 0 Å². The second-order valence-electron chi connectivity index (χ2n) is 4.85. The third-order valence-corrected chi connectivity index (χ3v) is 4.77. The molecule has 0 bridgehead atoms. The van der Waals surface area contributed by atoms with Crippen molar-refractivity contribution in [3.63, 3.8) is 0 Å². The van der Waals surface area contributed by atoms with Gasteiger partial charge in [-0.1, -0.05) is 19.1 Å². The maximum atomic E-state index is 5.59. The third-order valence-electron chi connectivity index (χ3n) is 3.42. The third kappa shape index (κ3) is 3.26. The molecule has 0 saturated heterocycles. The highest BCUT2D eigenvalue weighted by Gasteiger charge is 2.18. The average Bonchev–Trinajstić information content (AvgIpc) is 2.33. The maximum absolute atomic E-state index is 5.59. The van der Waals surface area contributed by atoms with E-state index in [9.17, 15) is 0 Å². The topological polar surface area (TPSA) is 26.0 Å². The van der Waals surface area contributed by atoms with Gasteiger partial charge in [-0.05, 0) is 49.3 Å². The number of hydrogen-bond acceptors (Lipinski definition) is 2. The first-order valence-electron chi connectivity index (χ1n) is 6.23. The lowest BCUT2D eigenvalue weighted by atomic mass is 9.91. The second kappa shape index (κ2) is 5.74. The molecule has 16 heavy (non-hydrogen) atoms. The molecule has 1 aromatic rings. The Bertz CT molecular complexity index is 312. The van der Waals surface area contributed by atoms with Crippen LogP contribution < -0.4 is 5.73 Å². The lowest BCUT2D eigenvalue weighted by Crippen LogP contribution is -2.13. The number of nitrogens with two attached hydrogens (primary N) is 1. The first kappa shape index (κ1) is 12.0. The van der Waals surface area contributed by atoms with E-state index in [4.69, 9.17) is 5.73 Å². The zero-order valence-corrected chi connectivity index (χ0v) is 10.8. The molecule has 0 atom stereocenters. The fourth-order valence-electron chi connectivity index (χ4n) is 2.24. The first-order valence-corrected chi connectivity index (χ1v) is 7.11. The summed E-state index contributed by atoms with van der Waals surface area (Å²) in [5.41, 5.74) is 6.82. The molecule has 0 aromatic heterocycles. The average molecular weight is 235 g/mol. The summed E-state index contributed by atoms with van der Waals surface area (Å²) in [5.74, 6) is 0.941. The minimum absolute atomic E-state index is 0.645. The van der Waals surface area contributed by atoms with Gasteiger partial charge in [-0.15, -0.1) is 11.8 Å². The van der Waals surface area contributed by atoms with Crippen molar-refractivity contribution in [2.45, 2.75) is 49.3 Å². The van der Waals surface area contributed by atoms with Crippen LogP contribution in [0.2, 0.25) is 0 Å². The summed E-state index contributed by atoms with van der Waals surface area (Å²) in [4.78, 5) is 1.40. The van der Waals surface area contributed by atoms with Crippen molar-refractivity contribution in [2.24, 2.45) is 11.7 Å². The number of rotatable bonds is 3. The van der Waals surface area contributed by atoms with Crippen LogP contribution in [0.15, 0.2) is 29.2 Å². The zero-order valence-electron chi connectivity index (χ0n) is 9.99. The van der Waals surface area contributed by atoms with E-state index in [1.165, 1.54) is 36.1 Å². The van der Waals surface area contributed by atoms with Crippen LogP contribution in [-0.4, -0.2) is 5.25 Å². The summed E-state index contributed by atoms with van der Waals surface area (Å²) < 4.78 is 0. The molecule has 2 N–H and O–H groups in total. The molecule has 1 aromatic carbocycles. The minimum Gasteiger partial charge on any atom is -0.326 e. The highest BCUT2D eigenvalue weighted by molar-refractivity contribution is 8.00. The molecule has 2 rings (SSSR count). The molecule has 88 valence electrons. The quantitative estimate of drug-likeness (QED) is 0.862. The number of thioether (sulfide) groups is 1. The van der Waals surface area contributed by atoms with Gasteiger partial charge >= 0.3 is 0 Å². The van der Waals surface area contributed by atoms with E-state index in [0.29, 0.717) is 6.54 Å². The van der Waals surface area contributed by atoms with Crippen LogP contribution in [0.3, 0.4) is 0 Å². The minimum atomic E-state index is 0.645. The standard InChI is InChI=1S/C14H21NS/c1-11-2-6-13(7-3-11)16-14-8-4-12(10-15)5-9-14/h4-5,8-9,11,13H,2-3,6-7,10,15H2,1H3. The molecule has 0 amide bonds. The SMILES string of the molecule is CC1CCC(Sc2ccc(CN)cc2)CC1. The van der Waals surface area contributed by atoms with Crippen molar-refractivity contribution >= 4 is 11.8 Å². The molecule has 1 fully saturated rings. The van der Waals surface area contributed by atoms with E-state index in [1.807, 2.05) is 11.8 Å². The van der Waals surface area contributed by atoms with E-state index in [2.05, 4.69) is 31.2 Å².